The van der Waals surface area contributed by atoms with Gasteiger partial charge in [-0.1, -0.05) is 19.0 Å². The Morgan fingerprint density at radius 2 is 1.61 bits per heavy atom. The van der Waals surface area contributed by atoms with E-state index in [0.717, 1.165) is 4.90 Å². The molecule has 0 radical (unpaired) electrons. The molecule has 11 heteroatoms. The molecule has 28 heavy (non-hydrogen) atoms. The Bertz CT molecular complexity index is 849. The van der Waals surface area contributed by atoms with Gasteiger partial charge in [0.15, 0.2) is 5.82 Å². The Kier molecular flexibility index (Phi) is 4.88. The molecule has 152 valence electrons. The summed E-state index contributed by atoms with van der Waals surface area (Å²) in [5.41, 5.74) is -3.73. The van der Waals surface area contributed by atoms with E-state index in [1.54, 1.807) is 0 Å². The fraction of sp³-hybridized carbons (Fsp3) is 0.471. The summed E-state index contributed by atoms with van der Waals surface area (Å²) < 4.78 is 82.7. The van der Waals surface area contributed by atoms with Crippen LogP contribution in [-0.2, 0) is 12.4 Å². The quantitative estimate of drug-likeness (QED) is 0.705. The number of alkyl halides is 6. The maximum Gasteiger partial charge on any atom is 0.416 e. The fourth-order valence-electron chi connectivity index (χ4n) is 2.71. The number of rotatable bonds is 3. The first-order valence-corrected chi connectivity index (χ1v) is 8.28. The fourth-order valence-corrected chi connectivity index (χ4v) is 2.71. The molecule has 0 saturated carbocycles. The summed E-state index contributed by atoms with van der Waals surface area (Å²) in [6, 6.07) is 0.838. The molecular formula is C17H15F6N3O2. The van der Waals surface area contributed by atoms with Crippen LogP contribution in [0.4, 0.5) is 26.3 Å². The van der Waals surface area contributed by atoms with Crippen molar-refractivity contribution < 1.29 is 35.7 Å². The zero-order chi connectivity index (χ0) is 20.9. The number of carbonyl (C=O) groups excluding carboxylic acids is 1. The summed E-state index contributed by atoms with van der Waals surface area (Å²) >= 11 is 0. The summed E-state index contributed by atoms with van der Waals surface area (Å²) in [5, 5.41) is 3.78. The lowest BCUT2D eigenvalue weighted by Crippen LogP contribution is -2.48. The van der Waals surface area contributed by atoms with E-state index in [2.05, 4.69) is 10.1 Å². The Morgan fingerprint density at radius 3 is 2.04 bits per heavy atom. The second-order valence-corrected chi connectivity index (χ2v) is 6.85. The van der Waals surface area contributed by atoms with Crippen molar-refractivity contribution in [3.05, 3.63) is 46.6 Å². The number of hydrogen-bond acceptors (Lipinski definition) is 4. The standard InChI is InChI=1S/C17H15F6N3O2/c1-8(2)13-24-14(28-25-13)10-6-26(7-10)15(27)9-3-11(16(18,19)20)5-12(4-9)17(21,22)23/h3-5,8,10H,6-7H2,1-2H3. The lowest BCUT2D eigenvalue weighted by atomic mass is 9.97. The maximum absolute atomic E-state index is 12.9. The smallest absolute Gasteiger partial charge is 0.339 e. The average molecular weight is 407 g/mol. The zero-order valence-corrected chi connectivity index (χ0v) is 14.7. The summed E-state index contributed by atoms with van der Waals surface area (Å²) in [6.45, 7) is 3.85. The van der Waals surface area contributed by atoms with Crippen LogP contribution < -0.4 is 0 Å². The van der Waals surface area contributed by atoms with Crippen molar-refractivity contribution in [2.24, 2.45) is 0 Å². The van der Waals surface area contributed by atoms with Gasteiger partial charge >= 0.3 is 12.4 Å². The predicted octanol–water partition coefficient (Wildman–Crippen LogP) is 4.47. The molecule has 5 nitrogen and oxygen atoms in total. The van der Waals surface area contributed by atoms with Gasteiger partial charge in [0.2, 0.25) is 5.89 Å². The lowest BCUT2D eigenvalue weighted by Gasteiger charge is -2.37. The van der Waals surface area contributed by atoms with E-state index in [1.165, 1.54) is 0 Å². The van der Waals surface area contributed by atoms with Crippen LogP contribution in [0, 0.1) is 0 Å². The number of amides is 1. The molecule has 0 bridgehead atoms. The van der Waals surface area contributed by atoms with E-state index >= 15 is 0 Å². The van der Waals surface area contributed by atoms with Gasteiger partial charge in [-0.2, -0.15) is 31.3 Å². The molecule has 1 aromatic carbocycles. The van der Waals surface area contributed by atoms with Gasteiger partial charge in [0.1, 0.15) is 0 Å². The van der Waals surface area contributed by atoms with Gasteiger partial charge in [-0.3, -0.25) is 4.79 Å². The van der Waals surface area contributed by atoms with Crippen molar-refractivity contribution in [2.75, 3.05) is 13.1 Å². The minimum atomic E-state index is -5.01. The minimum Gasteiger partial charge on any atom is -0.339 e. The molecule has 0 spiro atoms. The lowest BCUT2D eigenvalue weighted by molar-refractivity contribution is -0.143. The Balaban J connectivity index is 1.79. The van der Waals surface area contributed by atoms with Gasteiger partial charge in [0.25, 0.3) is 5.91 Å². The van der Waals surface area contributed by atoms with Gasteiger partial charge in [-0.15, -0.1) is 0 Å². The van der Waals surface area contributed by atoms with Gasteiger partial charge < -0.3 is 9.42 Å². The Morgan fingerprint density at radius 1 is 1.07 bits per heavy atom. The third-order valence-electron chi connectivity index (χ3n) is 4.33. The SMILES string of the molecule is CC(C)c1noc(C2CN(C(=O)c3cc(C(F)(F)F)cc(C(F)(F)F)c3)C2)n1. The van der Waals surface area contributed by atoms with Crippen LogP contribution in [0.25, 0.3) is 0 Å². The number of halogens is 6. The van der Waals surface area contributed by atoms with E-state index < -0.39 is 35.0 Å². The summed E-state index contributed by atoms with van der Waals surface area (Å²) in [5.74, 6) is -0.435. The average Bonchev–Trinajstić information content (AvgIpc) is 3.01. The predicted molar refractivity (Wildman–Crippen MR) is 83.5 cm³/mol. The third kappa shape index (κ3) is 3.97. The number of likely N-dealkylation sites (tertiary alicyclic amines) is 1. The second-order valence-electron chi connectivity index (χ2n) is 6.85. The number of nitrogens with zero attached hydrogens (tertiary/aromatic N) is 3. The second kappa shape index (κ2) is 6.78. The highest BCUT2D eigenvalue weighted by Gasteiger charge is 2.40. The number of carbonyl (C=O) groups is 1. The van der Waals surface area contributed by atoms with E-state index in [1.807, 2.05) is 13.8 Å². The van der Waals surface area contributed by atoms with Crippen LogP contribution in [-0.4, -0.2) is 34.0 Å². The number of aromatic nitrogens is 2. The molecule has 1 saturated heterocycles. The van der Waals surface area contributed by atoms with Crippen LogP contribution in [0.3, 0.4) is 0 Å². The molecule has 1 aromatic heterocycles. The van der Waals surface area contributed by atoms with E-state index in [9.17, 15) is 31.1 Å². The molecule has 1 amide bonds. The van der Waals surface area contributed by atoms with Gasteiger partial charge in [-0.25, -0.2) is 0 Å². The molecule has 0 N–H and O–H groups in total. The van der Waals surface area contributed by atoms with Crippen molar-refractivity contribution in [1.29, 1.82) is 0 Å². The topological polar surface area (TPSA) is 59.2 Å². The maximum atomic E-state index is 12.9. The first-order valence-electron chi connectivity index (χ1n) is 8.28. The Hall–Kier alpha value is -2.59. The van der Waals surface area contributed by atoms with Crippen molar-refractivity contribution >= 4 is 5.91 Å². The third-order valence-corrected chi connectivity index (χ3v) is 4.33. The van der Waals surface area contributed by atoms with E-state index in [0.29, 0.717) is 18.0 Å². The van der Waals surface area contributed by atoms with Gasteiger partial charge in [-0.05, 0) is 18.2 Å². The van der Waals surface area contributed by atoms with Crippen LogP contribution in [0.1, 0.15) is 58.9 Å². The summed E-state index contributed by atoms with van der Waals surface area (Å²) in [7, 11) is 0. The van der Waals surface area contributed by atoms with Crippen molar-refractivity contribution in [3.63, 3.8) is 0 Å². The summed E-state index contributed by atoms with van der Waals surface area (Å²) in [4.78, 5) is 17.7. The molecule has 2 heterocycles. The highest BCUT2D eigenvalue weighted by atomic mass is 19.4. The first-order chi connectivity index (χ1) is 12.9. The number of hydrogen-bond donors (Lipinski definition) is 0. The monoisotopic (exact) mass is 407 g/mol. The Labute approximate surface area is 155 Å². The highest BCUT2D eigenvalue weighted by Crippen LogP contribution is 2.37. The normalized spacial score (nSPS) is 15.8. The van der Waals surface area contributed by atoms with Crippen LogP contribution in [0.15, 0.2) is 22.7 Å². The summed E-state index contributed by atoms with van der Waals surface area (Å²) in [6.07, 6.45) is -10.0. The largest absolute Gasteiger partial charge is 0.416 e. The van der Waals surface area contributed by atoms with Crippen LogP contribution in [0.2, 0.25) is 0 Å². The van der Waals surface area contributed by atoms with Crippen molar-refractivity contribution in [3.8, 4) is 0 Å². The van der Waals surface area contributed by atoms with E-state index in [4.69, 9.17) is 4.52 Å². The number of benzene rings is 1. The molecular weight excluding hydrogens is 392 g/mol. The highest BCUT2D eigenvalue weighted by molar-refractivity contribution is 5.95. The molecule has 3 rings (SSSR count). The molecule has 0 aliphatic carbocycles. The van der Waals surface area contributed by atoms with Gasteiger partial charge in [0.05, 0.1) is 17.0 Å². The first kappa shape index (κ1) is 20.2. The molecule has 1 fully saturated rings. The molecule has 0 unspecified atom stereocenters. The molecule has 0 atom stereocenters. The van der Waals surface area contributed by atoms with Crippen molar-refractivity contribution in [2.45, 2.75) is 38.0 Å². The van der Waals surface area contributed by atoms with Crippen LogP contribution in [0.5, 0.6) is 0 Å². The van der Waals surface area contributed by atoms with Crippen LogP contribution >= 0.6 is 0 Å². The molecule has 1 aliphatic heterocycles. The zero-order valence-electron chi connectivity index (χ0n) is 14.7. The van der Waals surface area contributed by atoms with E-state index in [-0.39, 0.29) is 36.9 Å². The molecule has 2 aromatic rings. The minimum absolute atomic E-state index is 0.0123. The molecule has 1 aliphatic rings. The van der Waals surface area contributed by atoms with Gasteiger partial charge in [0, 0.05) is 24.6 Å². The van der Waals surface area contributed by atoms with Crippen molar-refractivity contribution in [1.82, 2.24) is 15.0 Å².